The lowest BCUT2D eigenvalue weighted by molar-refractivity contribution is -0.127. The van der Waals surface area contributed by atoms with Crippen LogP contribution >= 0.6 is 0 Å². The van der Waals surface area contributed by atoms with Crippen molar-refractivity contribution in [2.75, 3.05) is 10.5 Å². The lowest BCUT2D eigenvalue weighted by atomic mass is 9.70. The Bertz CT molecular complexity index is 1090. The second-order valence-electron chi connectivity index (χ2n) is 8.01. The third-order valence-corrected chi connectivity index (χ3v) is 7.08. The summed E-state index contributed by atoms with van der Waals surface area (Å²) < 4.78 is 26.6. The molecule has 1 atom stereocenters. The Hall–Kier alpha value is -3.00. The second kappa shape index (κ2) is 9.01. The number of aryl methyl sites for hydroxylation is 1. The van der Waals surface area contributed by atoms with Gasteiger partial charge in [0, 0.05) is 5.69 Å². The number of carbonyl (C=O) groups excluding carboxylic acids is 1. The van der Waals surface area contributed by atoms with Gasteiger partial charge in [0.15, 0.2) is 0 Å². The number of nitrogens with one attached hydrogen (secondary N) is 1. The first-order valence-corrected chi connectivity index (χ1v) is 11.9. The number of carbonyl (C=O) groups is 1. The predicted molar refractivity (Wildman–Crippen MR) is 121 cm³/mol. The molecule has 1 aliphatic carbocycles. The Morgan fingerprint density at radius 2 is 1.87 bits per heavy atom. The Morgan fingerprint density at radius 1 is 1.16 bits per heavy atom. The quantitative estimate of drug-likeness (QED) is 0.470. The van der Waals surface area contributed by atoms with Gasteiger partial charge in [-0.05, 0) is 72.7 Å². The minimum absolute atomic E-state index is 0.0784. The van der Waals surface area contributed by atoms with Crippen LogP contribution in [0, 0.1) is 5.41 Å². The Labute approximate surface area is 182 Å². The summed E-state index contributed by atoms with van der Waals surface area (Å²) in [6.45, 7) is 1.93. The lowest BCUT2D eigenvalue weighted by Gasteiger charge is -2.34. The van der Waals surface area contributed by atoms with Crippen LogP contribution in [0.3, 0.4) is 0 Å². The Morgan fingerprint density at radius 3 is 2.52 bits per heavy atom. The zero-order valence-electron chi connectivity index (χ0n) is 17.5. The SMILES string of the molecule is CCCCS(=O)(=O)Nc1ccc(CCC2(C(N)=O)Cc3cc(O)ccc3C=C2O)cc1. The molecule has 166 valence electrons. The van der Waals surface area contributed by atoms with Gasteiger partial charge in [0.25, 0.3) is 0 Å². The maximum absolute atomic E-state index is 12.4. The summed E-state index contributed by atoms with van der Waals surface area (Å²) in [5.41, 5.74) is 7.29. The van der Waals surface area contributed by atoms with Crippen molar-refractivity contribution in [1.82, 2.24) is 0 Å². The summed E-state index contributed by atoms with van der Waals surface area (Å²) in [4.78, 5) is 12.4. The molecule has 5 N–H and O–H groups in total. The van der Waals surface area contributed by atoms with Crippen LogP contribution in [0.1, 0.15) is 42.9 Å². The van der Waals surface area contributed by atoms with E-state index in [1.807, 2.05) is 6.92 Å². The molecule has 0 saturated carbocycles. The predicted octanol–water partition coefficient (Wildman–Crippen LogP) is 3.49. The summed E-state index contributed by atoms with van der Waals surface area (Å²) in [6.07, 6.45) is 3.85. The highest BCUT2D eigenvalue weighted by Crippen LogP contribution is 2.41. The van der Waals surface area contributed by atoms with Crippen molar-refractivity contribution < 1.29 is 23.4 Å². The largest absolute Gasteiger partial charge is 0.511 e. The molecular formula is C23H28N2O5S. The molecule has 7 nitrogen and oxygen atoms in total. The standard InChI is InChI=1S/C23H28N2O5S/c1-2-3-12-31(29,30)25-19-7-4-16(5-8-19)10-11-23(22(24)28)15-18-13-20(26)9-6-17(18)14-21(23)27/h4-9,13-14,25-27H,2-3,10-12,15H2,1H3,(H2,24,28). The number of phenols is 1. The van der Waals surface area contributed by atoms with Crippen molar-refractivity contribution >= 4 is 27.7 Å². The number of sulfonamides is 1. The van der Waals surface area contributed by atoms with Gasteiger partial charge in [-0.25, -0.2) is 8.42 Å². The molecule has 2 aromatic rings. The van der Waals surface area contributed by atoms with Crippen molar-refractivity contribution in [2.45, 2.75) is 39.0 Å². The summed E-state index contributed by atoms with van der Waals surface area (Å²) >= 11 is 0. The maximum atomic E-state index is 12.4. The fraction of sp³-hybridized carbons (Fsp3) is 0.348. The number of nitrogens with two attached hydrogens (primary N) is 1. The molecule has 0 fully saturated rings. The summed E-state index contributed by atoms with van der Waals surface area (Å²) in [5.74, 6) is -0.549. The minimum Gasteiger partial charge on any atom is -0.511 e. The molecular weight excluding hydrogens is 416 g/mol. The van der Waals surface area contributed by atoms with E-state index in [2.05, 4.69) is 4.72 Å². The average molecular weight is 445 g/mol. The number of aromatic hydroxyl groups is 1. The third kappa shape index (κ3) is 5.19. The van der Waals surface area contributed by atoms with Gasteiger partial charge in [0.2, 0.25) is 15.9 Å². The zero-order chi connectivity index (χ0) is 22.6. The smallest absolute Gasteiger partial charge is 0.232 e. The highest BCUT2D eigenvalue weighted by atomic mass is 32.2. The molecule has 8 heteroatoms. The topological polar surface area (TPSA) is 130 Å². The number of aliphatic hydroxyl groups is 1. The van der Waals surface area contributed by atoms with Gasteiger partial charge in [-0.15, -0.1) is 0 Å². The van der Waals surface area contributed by atoms with Crippen molar-refractivity contribution in [3.05, 3.63) is 64.9 Å². The van der Waals surface area contributed by atoms with Crippen molar-refractivity contribution in [3.63, 3.8) is 0 Å². The number of primary amides is 1. The van der Waals surface area contributed by atoms with E-state index < -0.39 is 21.3 Å². The van der Waals surface area contributed by atoms with Crippen LogP contribution in [-0.2, 0) is 27.7 Å². The second-order valence-corrected chi connectivity index (χ2v) is 9.85. The van der Waals surface area contributed by atoms with E-state index in [1.54, 1.807) is 36.4 Å². The van der Waals surface area contributed by atoms with E-state index in [0.29, 0.717) is 18.5 Å². The molecule has 1 amide bonds. The molecule has 0 bridgehead atoms. The molecule has 0 radical (unpaired) electrons. The fourth-order valence-corrected chi connectivity index (χ4v) is 5.07. The number of amides is 1. The van der Waals surface area contributed by atoms with Gasteiger partial charge in [0.05, 0.1) is 5.75 Å². The molecule has 1 unspecified atom stereocenters. The van der Waals surface area contributed by atoms with Crippen LogP contribution in [0.15, 0.2) is 48.2 Å². The Kier molecular flexibility index (Phi) is 6.59. The van der Waals surface area contributed by atoms with Crippen LogP contribution in [0.25, 0.3) is 6.08 Å². The third-order valence-electron chi connectivity index (χ3n) is 5.71. The lowest BCUT2D eigenvalue weighted by Crippen LogP contribution is -2.42. The van der Waals surface area contributed by atoms with Gasteiger partial charge in [0.1, 0.15) is 16.9 Å². The van der Waals surface area contributed by atoms with E-state index in [-0.39, 0.29) is 30.1 Å². The van der Waals surface area contributed by atoms with Gasteiger partial charge in [-0.3, -0.25) is 9.52 Å². The van der Waals surface area contributed by atoms with Crippen molar-refractivity contribution in [3.8, 4) is 5.75 Å². The summed E-state index contributed by atoms with van der Waals surface area (Å²) in [5, 5.41) is 20.4. The van der Waals surface area contributed by atoms with Gasteiger partial charge in [-0.2, -0.15) is 0 Å². The van der Waals surface area contributed by atoms with E-state index >= 15 is 0 Å². The van der Waals surface area contributed by atoms with Gasteiger partial charge in [-0.1, -0.05) is 31.5 Å². The van der Waals surface area contributed by atoms with Crippen LogP contribution in [0.4, 0.5) is 5.69 Å². The van der Waals surface area contributed by atoms with Crippen LogP contribution in [0.2, 0.25) is 0 Å². The average Bonchev–Trinajstić information content (AvgIpc) is 2.71. The summed E-state index contributed by atoms with van der Waals surface area (Å²) in [6, 6.07) is 11.7. The van der Waals surface area contributed by atoms with E-state index in [4.69, 9.17) is 5.73 Å². The van der Waals surface area contributed by atoms with Crippen molar-refractivity contribution in [1.29, 1.82) is 0 Å². The van der Waals surface area contributed by atoms with Gasteiger partial charge < -0.3 is 15.9 Å². The number of phenolic OH excluding ortho intramolecular Hbond substituents is 1. The minimum atomic E-state index is -3.37. The maximum Gasteiger partial charge on any atom is 0.232 e. The highest BCUT2D eigenvalue weighted by Gasteiger charge is 2.43. The van der Waals surface area contributed by atoms with Crippen LogP contribution < -0.4 is 10.5 Å². The zero-order valence-corrected chi connectivity index (χ0v) is 18.3. The first-order valence-electron chi connectivity index (χ1n) is 10.3. The van der Waals surface area contributed by atoms with Crippen LogP contribution in [-0.4, -0.2) is 30.3 Å². The molecule has 0 saturated heterocycles. The monoisotopic (exact) mass is 444 g/mol. The number of rotatable bonds is 9. The first kappa shape index (κ1) is 22.7. The van der Waals surface area contributed by atoms with Gasteiger partial charge >= 0.3 is 0 Å². The normalized spacial score (nSPS) is 18.2. The van der Waals surface area contributed by atoms with E-state index in [0.717, 1.165) is 23.1 Å². The molecule has 0 spiro atoms. The molecule has 1 aliphatic rings. The fourth-order valence-electron chi connectivity index (χ4n) is 3.80. The van der Waals surface area contributed by atoms with E-state index in [1.165, 1.54) is 12.1 Å². The molecule has 0 heterocycles. The van der Waals surface area contributed by atoms with E-state index in [9.17, 15) is 23.4 Å². The molecule has 0 aromatic heterocycles. The number of benzene rings is 2. The Balaban J connectivity index is 1.74. The summed E-state index contributed by atoms with van der Waals surface area (Å²) in [7, 11) is -3.37. The highest BCUT2D eigenvalue weighted by molar-refractivity contribution is 7.92. The molecule has 3 rings (SSSR count). The number of hydrogen-bond donors (Lipinski definition) is 4. The molecule has 0 aliphatic heterocycles. The molecule has 31 heavy (non-hydrogen) atoms. The number of aliphatic hydroxyl groups excluding tert-OH is 1. The molecule has 2 aromatic carbocycles. The number of unbranched alkanes of at least 4 members (excludes halogenated alkanes) is 1. The van der Waals surface area contributed by atoms with Crippen molar-refractivity contribution in [2.24, 2.45) is 11.1 Å². The number of anilines is 1. The van der Waals surface area contributed by atoms with Crippen LogP contribution in [0.5, 0.6) is 5.75 Å². The number of hydrogen-bond acceptors (Lipinski definition) is 5. The number of fused-ring (bicyclic) bond motifs is 1. The first-order chi connectivity index (χ1) is 14.6.